The molecule has 0 aromatic heterocycles. The first-order valence-corrected chi connectivity index (χ1v) is 5.77. The van der Waals surface area contributed by atoms with Gasteiger partial charge in [0, 0.05) is 12.1 Å². The molecule has 0 aliphatic carbocycles. The molecule has 1 aliphatic heterocycles. The molecule has 1 fully saturated rings. The van der Waals surface area contributed by atoms with Crippen LogP contribution < -0.4 is 5.73 Å². The third kappa shape index (κ3) is 2.58. The standard InChI is InChI=1S/C13H20N2/c1-15-10-9-12(14)13(15)8-7-11-5-3-2-4-6-11/h2-6,12-13H,7-10,14H2,1H3. The lowest BCUT2D eigenvalue weighted by Crippen LogP contribution is -2.37. The molecule has 0 spiro atoms. The Hall–Kier alpha value is -0.860. The number of nitrogens with two attached hydrogens (primary N) is 1. The molecule has 82 valence electrons. The van der Waals surface area contributed by atoms with Gasteiger partial charge in [-0.2, -0.15) is 0 Å². The van der Waals surface area contributed by atoms with Crippen LogP contribution in [0.4, 0.5) is 0 Å². The number of nitrogens with zero attached hydrogens (tertiary/aromatic N) is 1. The number of hydrogen-bond acceptors (Lipinski definition) is 2. The quantitative estimate of drug-likeness (QED) is 0.811. The SMILES string of the molecule is CN1CCC(N)C1CCc1ccccc1. The van der Waals surface area contributed by atoms with Crippen LogP contribution in [0.2, 0.25) is 0 Å². The summed E-state index contributed by atoms with van der Waals surface area (Å²) in [6.45, 7) is 1.15. The van der Waals surface area contributed by atoms with E-state index in [4.69, 9.17) is 5.73 Å². The largest absolute Gasteiger partial charge is 0.326 e. The van der Waals surface area contributed by atoms with Crippen molar-refractivity contribution in [2.75, 3.05) is 13.6 Å². The highest BCUT2D eigenvalue weighted by Crippen LogP contribution is 2.19. The molecule has 0 amide bonds. The number of benzene rings is 1. The Bertz CT molecular complexity index is 287. The van der Waals surface area contributed by atoms with Crippen LogP contribution in [-0.2, 0) is 6.42 Å². The Kier molecular flexibility index (Phi) is 3.39. The maximum Gasteiger partial charge on any atom is 0.0247 e. The highest BCUT2D eigenvalue weighted by atomic mass is 15.2. The molecule has 2 heteroatoms. The molecule has 2 unspecified atom stereocenters. The summed E-state index contributed by atoms with van der Waals surface area (Å²) in [5.74, 6) is 0. The van der Waals surface area contributed by atoms with Gasteiger partial charge in [0.1, 0.15) is 0 Å². The Morgan fingerprint density at radius 1 is 1.33 bits per heavy atom. The summed E-state index contributed by atoms with van der Waals surface area (Å²) in [6, 6.07) is 11.6. The van der Waals surface area contributed by atoms with E-state index in [-0.39, 0.29) is 0 Å². The van der Waals surface area contributed by atoms with E-state index < -0.39 is 0 Å². The summed E-state index contributed by atoms with van der Waals surface area (Å²) in [6.07, 6.45) is 3.47. The molecular weight excluding hydrogens is 184 g/mol. The van der Waals surface area contributed by atoms with Crippen molar-refractivity contribution in [2.45, 2.75) is 31.3 Å². The number of rotatable bonds is 3. The molecule has 2 nitrogen and oxygen atoms in total. The van der Waals surface area contributed by atoms with Crippen LogP contribution >= 0.6 is 0 Å². The molecule has 15 heavy (non-hydrogen) atoms. The van der Waals surface area contributed by atoms with Gasteiger partial charge in [0.2, 0.25) is 0 Å². The lowest BCUT2D eigenvalue weighted by molar-refractivity contribution is 0.283. The predicted molar refractivity (Wildman–Crippen MR) is 63.8 cm³/mol. The van der Waals surface area contributed by atoms with Crippen molar-refractivity contribution in [2.24, 2.45) is 5.73 Å². The summed E-state index contributed by atoms with van der Waals surface area (Å²) >= 11 is 0. The molecular formula is C13H20N2. The molecule has 1 heterocycles. The van der Waals surface area contributed by atoms with E-state index in [1.165, 1.54) is 12.0 Å². The normalized spacial score (nSPS) is 27.1. The molecule has 0 radical (unpaired) electrons. The van der Waals surface area contributed by atoms with Gasteiger partial charge in [-0.1, -0.05) is 30.3 Å². The second-order valence-corrected chi connectivity index (χ2v) is 4.52. The van der Waals surface area contributed by atoms with Gasteiger partial charge in [0.05, 0.1) is 0 Å². The number of likely N-dealkylation sites (N-methyl/N-ethyl adjacent to an activating group) is 1. The summed E-state index contributed by atoms with van der Waals surface area (Å²) in [5, 5.41) is 0. The fourth-order valence-corrected chi connectivity index (χ4v) is 2.43. The number of hydrogen-bond donors (Lipinski definition) is 1. The van der Waals surface area contributed by atoms with Gasteiger partial charge in [-0.25, -0.2) is 0 Å². The third-order valence-electron chi connectivity index (χ3n) is 3.45. The first-order chi connectivity index (χ1) is 7.27. The van der Waals surface area contributed by atoms with Gasteiger partial charge in [-0.3, -0.25) is 0 Å². The highest BCUT2D eigenvalue weighted by Gasteiger charge is 2.27. The van der Waals surface area contributed by atoms with Crippen LogP contribution in [0.3, 0.4) is 0 Å². The average Bonchev–Trinajstić information content (AvgIpc) is 2.58. The van der Waals surface area contributed by atoms with Crippen molar-refractivity contribution in [1.29, 1.82) is 0 Å². The molecule has 1 saturated heterocycles. The maximum absolute atomic E-state index is 6.09. The Morgan fingerprint density at radius 2 is 2.07 bits per heavy atom. The molecule has 1 aliphatic rings. The molecule has 2 rings (SSSR count). The number of aryl methyl sites for hydroxylation is 1. The summed E-state index contributed by atoms with van der Waals surface area (Å²) in [4.78, 5) is 2.40. The summed E-state index contributed by atoms with van der Waals surface area (Å²) in [5.41, 5.74) is 7.51. The van der Waals surface area contributed by atoms with Gasteiger partial charge in [-0.05, 0) is 38.4 Å². The van der Waals surface area contributed by atoms with Gasteiger partial charge in [0.15, 0.2) is 0 Å². The van der Waals surface area contributed by atoms with Crippen LogP contribution in [0, 0.1) is 0 Å². The zero-order valence-electron chi connectivity index (χ0n) is 9.39. The summed E-state index contributed by atoms with van der Waals surface area (Å²) in [7, 11) is 2.18. The van der Waals surface area contributed by atoms with Crippen molar-refractivity contribution in [3.63, 3.8) is 0 Å². The van der Waals surface area contributed by atoms with Gasteiger partial charge >= 0.3 is 0 Å². The van der Waals surface area contributed by atoms with Gasteiger partial charge < -0.3 is 10.6 Å². The Labute approximate surface area is 92.1 Å². The molecule has 0 saturated carbocycles. The Morgan fingerprint density at radius 3 is 2.67 bits per heavy atom. The summed E-state index contributed by atoms with van der Waals surface area (Å²) < 4.78 is 0. The van der Waals surface area contributed by atoms with Crippen LogP contribution in [-0.4, -0.2) is 30.6 Å². The van der Waals surface area contributed by atoms with Crippen LogP contribution in [0.15, 0.2) is 30.3 Å². The molecule has 2 N–H and O–H groups in total. The lowest BCUT2D eigenvalue weighted by Gasteiger charge is -2.22. The minimum absolute atomic E-state index is 0.374. The van der Waals surface area contributed by atoms with E-state index in [0.717, 1.165) is 19.4 Å². The molecule has 1 aromatic carbocycles. The van der Waals surface area contributed by atoms with E-state index in [1.807, 2.05) is 0 Å². The van der Waals surface area contributed by atoms with Gasteiger partial charge in [0.25, 0.3) is 0 Å². The van der Waals surface area contributed by atoms with Crippen LogP contribution in [0.5, 0.6) is 0 Å². The zero-order chi connectivity index (χ0) is 10.7. The Balaban J connectivity index is 1.88. The third-order valence-corrected chi connectivity index (χ3v) is 3.45. The van der Waals surface area contributed by atoms with E-state index >= 15 is 0 Å². The van der Waals surface area contributed by atoms with E-state index in [0.29, 0.717) is 12.1 Å². The number of likely N-dealkylation sites (tertiary alicyclic amines) is 1. The highest BCUT2D eigenvalue weighted by molar-refractivity contribution is 5.15. The minimum atomic E-state index is 0.374. The second-order valence-electron chi connectivity index (χ2n) is 4.52. The average molecular weight is 204 g/mol. The van der Waals surface area contributed by atoms with Crippen molar-refractivity contribution in [3.05, 3.63) is 35.9 Å². The van der Waals surface area contributed by atoms with Crippen LogP contribution in [0.1, 0.15) is 18.4 Å². The van der Waals surface area contributed by atoms with Crippen molar-refractivity contribution in [1.82, 2.24) is 4.90 Å². The maximum atomic E-state index is 6.09. The topological polar surface area (TPSA) is 29.3 Å². The lowest BCUT2D eigenvalue weighted by atomic mass is 10.0. The smallest absolute Gasteiger partial charge is 0.0247 e. The van der Waals surface area contributed by atoms with Crippen LogP contribution in [0.25, 0.3) is 0 Å². The monoisotopic (exact) mass is 204 g/mol. The van der Waals surface area contributed by atoms with Crippen molar-refractivity contribution < 1.29 is 0 Å². The first-order valence-electron chi connectivity index (χ1n) is 5.77. The fourth-order valence-electron chi connectivity index (χ4n) is 2.43. The molecule has 1 aromatic rings. The molecule has 2 atom stereocenters. The van der Waals surface area contributed by atoms with E-state index in [9.17, 15) is 0 Å². The molecule has 0 bridgehead atoms. The van der Waals surface area contributed by atoms with Crippen molar-refractivity contribution in [3.8, 4) is 0 Å². The van der Waals surface area contributed by atoms with E-state index in [1.54, 1.807) is 0 Å². The van der Waals surface area contributed by atoms with E-state index in [2.05, 4.69) is 42.3 Å². The zero-order valence-corrected chi connectivity index (χ0v) is 9.39. The second kappa shape index (κ2) is 4.77. The first kappa shape index (κ1) is 10.7. The van der Waals surface area contributed by atoms with Crippen molar-refractivity contribution >= 4 is 0 Å². The fraction of sp³-hybridized carbons (Fsp3) is 0.538. The van der Waals surface area contributed by atoms with Gasteiger partial charge in [-0.15, -0.1) is 0 Å². The minimum Gasteiger partial charge on any atom is -0.326 e. The predicted octanol–water partition coefficient (Wildman–Crippen LogP) is 1.65.